The molecule has 0 saturated carbocycles. The Labute approximate surface area is 184 Å². The van der Waals surface area contributed by atoms with Gasteiger partial charge in [0, 0.05) is 23.4 Å². The number of carbonyl (C=O) groups excluding carboxylic acids is 3. The van der Waals surface area contributed by atoms with Crippen molar-refractivity contribution in [3.63, 3.8) is 0 Å². The van der Waals surface area contributed by atoms with E-state index in [9.17, 15) is 14.4 Å². The van der Waals surface area contributed by atoms with Crippen LogP contribution >= 0.6 is 0 Å². The molecular weight excluding hydrogens is 410 g/mol. The smallest absolute Gasteiger partial charge is 0.250 e. The Bertz CT molecular complexity index is 1180. The third kappa shape index (κ3) is 2.33. The van der Waals surface area contributed by atoms with Crippen molar-refractivity contribution >= 4 is 29.1 Å². The normalized spacial score (nSPS) is 30.2. The third-order valence-corrected chi connectivity index (χ3v) is 7.06. The summed E-state index contributed by atoms with van der Waals surface area (Å²) < 4.78 is 11.2. The number of rotatable bonds is 2. The molecule has 32 heavy (non-hydrogen) atoms. The van der Waals surface area contributed by atoms with Crippen molar-refractivity contribution < 1.29 is 23.9 Å². The second-order valence-corrected chi connectivity index (χ2v) is 9.07. The van der Waals surface area contributed by atoms with Crippen molar-refractivity contribution in [3.8, 4) is 11.5 Å². The van der Waals surface area contributed by atoms with Gasteiger partial charge in [-0.25, -0.2) is 4.90 Å². The van der Waals surface area contributed by atoms with E-state index in [0.29, 0.717) is 41.7 Å². The summed E-state index contributed by atoms with van der Waals surface area (Å²) in [7, 11) is 0. The molecule has 8 nitrogen and oxygen atoms in total. The lowest BCUT2D eigenvalue weighted by atomic mass is 9.76. The molecule has 4 aliphatic heterocycles. The second kappa shape index (κ2) is 6.56. The fourth-order valence-corrected chi connectivity index (χ4v) is 5.69. The molecule has 0 aliphatic carbocycles. The molecule has 0 bridgehead atoms. The zero-order valence-electron chi connectivity index (χ0n) is 17.8. The Morgan fingerprint density at radius 1 is 1.00 bits per heavy atom. The Hall–Kier alpha value is -3.39. The Balaban J connectivity index is 1.49. The summed E-state index contributed by atoms with van der Waals surface area (Å²) in [6.45, 7) is 4.86. The van der Waals surface area contributed by atoms with Gasteiger partial charge in [-0.05, 0) is 24.1 Å². The SMILES string of the molecule is CC(C)C1NC2(C(=O)Nc3ccccc32)C2C(=O)N(c3ccc4c(c3)OCCO4)C(=O)C12. The topological polar surface area (TPSA) is 97.0 Å². The maximum atomic E-state index is 13.9. The highest BCUT2D eigenvalue weighted by molar-refractivity contribution is 6.25. The molecule has 1 spiro atoms. The number of nitrogens with one attached hydrogen (secondary N) is 2. The third-order valence-electron chi connectivity index (χ3n) is 7.06. The highest BCUT2D eigenvalue weighted by Crippen LogP contribution is 2.54. The zero-order chi connectivity index (χ0) is 22.2. The van der Waals surface area contributed by atoms with Gasteiger partial charge < -0.3 is 14.8 Å². The molecule has 2 aromatic rings. The summed E-state index contributed by atoms with van der Waals surface area (Å²) in [6, 6.07) is 12.1. The van der Waals surface area contributed by atoms with Gasteiger partial charge in [-0.3, -0.25) is 19.7 Å². The summed E-state index contributed by atoms with van der Waals surface area (Å²) >= 11 is 0. The van der Waals surface area contributed by atoms with E-state index in [-0.39, 0.29) is 29.7 Å². The number of para-hydroxylation sites is 1. The fourth-order valence-electron chi connectivity index (χ4n) is 5.69. The van der Waals surface area contributed by atoms with Gasteiger partial charge in [0.05, 0.1) is 17.5 Å². The predicted octanol–water partition coefficient (Wildman–Crippen LogP) is 2.04. The van der Waals surface area contributed by atoms with E-state index in [1.54, 1.807) is 18.2 Å². The minimum Gasteiger partial charge on any atom is -0.486 e. The average Bonchev–Trinajstić information content (AvgIpc) is 3.38. The second-order valence-electron chi connectivity index (χ2n) is 9.07. The van der Waals surface area contributed by atoms with Crippen LogP contribution in [0.15, 0.2) is 42.5 Å². The lowest BCUT2D eigenvalue weighted by molar-refractivity contribution is -0.130. The molecule has 3 amide bonds. The molecule has 2 aromatic carbocycles. The van der Waals surface area contributed by atoms with Crippen molar-refractivity contribution in [2.45, 2.75) is 25.4 Å². The van der Waals surface area contributed by atoms with Crippen molar-refractivity contribution in [3.05, 3.63) is 48.0 Å². The van der Waals surface area contributed by atoms with Crippen LogP contribution in [0.2, 0.25) is 0 Å². The largest absolute Gasteiger partial charge is 0.486 e. The first kappa shape index (κ1) is 19.3. The molecular formula is C24H23N3O5. The van der Waals surface area contributed by atoms with Gasteiger partial charge in [0.25, 0.3) is 0 Å². The number of carbonyl (C=O) groups is 3. The van der Waals surface area contributed by atoms with Crippen LogP contribution in [-0.4, -0.2) is 37.0 Å². The molecule has 2 N–H and O–H groups in total. The van der Waals surface area contributed by atoms with E-state index in [1.807, 2.05) is 38.1 Å². The molecule has 8 heteroatoms. The molecule has 4 aliphatic rings. The number of nitrogens with zero attached hydrogens (tertiary/aromatic N) is 1. The first-order valence-electron chi connectivity index (χ1n) is 10.9. The van der Waals surface area contributed by atoms with Gasteiger partial charge >= 0.3 is 0 Å². The minimum absolute atomic E-state index is 0.0411. The summed E-state index contributed by atoms with van der Waals surface area (Å²) in [5, 5.41) is 6.34. The number of hydrogen-bond acceptors (Lipinski definition) is 6. The van der Waals surface area contributed by atoms with Crippen LogP contribution in [0.1, 0.15) is 19.4 Å². The van der Waals surface area contributed by atoms with Crippen LogP contribution < -0.4 is 25.0 Å². The molecule has 0 radical (unpaired) electrons. The molecule has 2 saturated heterocycles. The summed E-state index contributed by atoms with van der Waals surface area (Å²) in [6.07, 6.45) is 0. The van der Waals surface area contributed by atoms with Gasteiger partial charge in [-0.1, -0.05) is 32.0 Å². The molecule has 4 atom stereocenters. The maximum absolute atomic E-state index is 13.9. The van der Waals surface area contributed by atoms with E-state index >= 15 is 0 Å². The van der Waals surface area contributed by atoms with E-state index in [1.165, 1.54) is 4.90 Å². The molecule has 6 rings (SSSR count). The minimum atomic E-state index is -1.27. The maximum Gasteiger partial charge on any atom is 0.250 e. The van der Waals surface area contributed by atoms with E-state index < -0.39 is 17.4 Å². The highest BCUT2D eigenvalue weighted by atomic mass is 16.6. The molecule has 4 heterocycles. The summed E-state index contributed by atoms with van der Waals surface area (Å²) in [4.78, 5) is 42.1. The van der Waals surface area contributed by atoms with Crippen LogP contribution in [0.25, 0.3) is 0 Å². The number of fused-ring (bicyclic) bond motifs is 5. The summed E-state index contributed by atoms with van der Waals surface area (Å²) in [5.41, 5.74) is 0.549. The van der Waals surface area contributed by atoms with Gasteiger partial charge in [0.2, 0.25) is 17.7 Å². The standard InChI is InChI=1S/C24H23N3O5/c1-12(2)20-18-19(24(26-20)14-5-3-4-6-15(14)25-23(24)30)22(29)27(21(18)28)13-7-8-16-17(11-13)32-10-9-31-16/h3-8,11-12,18-20,26H,9-10H2,1-2H3,(H,25,30). The van der Waals surface area contributed by atoms with Crippen molar-refractivity contribution in [1.29, 1.82) is 0 Å². The lowest BCUT2D eigenvalue weighted by Gasteiger charge is -2.30. The zero-order valence-corrected chi connectivity index (χ0v) is 17.8. The quantitative estimate of drug-likeness (QED) is 0.704. The number of imide groups is 1. The Morgan fingerprint density at radius 2 is 1.75 bits per heavy atom. The molecule has 4 unspecified atom stereocenters. The fraction of sp³-hybridized carbons (Fsp3) is 0.375. The van der Waals surface area contributed by atoms with Crippen LogP contribution in [0, 0.1) is 17.8 Å². The van der Waals surface area contributed by atoms with E-state index in [0.717, 1.165) is 0 Å². The first-order valence-corrected chi connectivity index (χ1v) is 10.9. The number of amides is 3. The monoisotopic (exact) mass is 433 g/mol. The van der Waals surface area contributed by atoms with Crippen molar-refractivity contribution in [2.24, 2.45) is 17.8 Å². The van der Waals surface area contributed by atoms with Crippen LogP contribution in [0.5, 0.6) is 11.5 Å². The number of anilines is 2. The predicted molar refractivity (Wildman–Crippen MR) is 115 cm³/mol. The number of ether oxygens (including phenoxy) is 2. The van der Waals surface area contributed by atoms with Gasteiger partial charge in [-0.15, -0.1) is 0 Å². The number of benzene rings is 2. The van der Waals surface area contributed by atoms with E-state index in [2.05, 4.69) is 10.6 Å². The Kier molecular flexibility index (Phi) is 3.96. The summed E-state index contributed by atoms with van der Waals surface area (Å²) in [5.74, 6) is -1.31. The first-order chi connectivity index (χ1) is 15.4. The molecule has 0 aromatic heterocycles. The highest BCUT2D eigenvalue weighted by Gasteiger charge is 2.70. The van der Waals surface area contributed by atoms with Crippen LogP contribution in [-0.2, 0) is 19.9 Å². The van der Waals surface area contributed by atoms with Gasteiger partial charge in [0.15, 0.2) is 11.5 Å². The lowest BCUT2D eigenvalue weighted by Crippen LogP contribution is -2.54. The molecule has 164 valence electrons. The van der Waals surface area contributed by atoms with Gasteiger partial charge in [-0.2, -0.15) is 0 Å². The van der Waals surface area contributed by atoms with Gasteiger partial charge in [0.1, 0.15) is 18.8 Å². The van der Waals surface area contributed by atoms with E-state index in [4.69, 9.17) is 9.47 Å². The van der Waals surface area contributed by atoms with Crippen LogP contribution in [0.4, 0.5) is 11.4 Å². The number of hydrogen-bond donors (Lipinski definition) is 2. The van der Waals surface area contributed by atoms with Crippen molar-refractivity contribution in [1.82, 2.24) is 5.32 Å². The Morgan fingerprint density at radius 3 is 2.53 bits per heavy atom. The van der Waals surface area contributed by atoms with Crippen molar-refractivity contribution in [2.75, 3.05) is 23.4 Å². The average molecular weight is 433 g/mol. The molecule has 2 fully saturated rings. The van der Waals surface area contributed by atoms with Crippen LogP contribution in [0.3, 0.4) is 0 Å².